The standard InChI is InChI=1S/C13H18BrN3O2/c1-9-8-11(14)4-5-12(9)17-13(19)16-7-3-6-15-10(2)18/h4-5,8H,3,6-7H2,1-2H3,(H,15,18)(H2,16,17,19). The average Bonchev–Trinajstić information content (AvgIpc) is 2.32. The van der Waals surface area contributed by atoms with Gasteiger partial charge < -0.3 is 16.0 Å². The highest BCUT2D eigenvalue weighted by molar-refractivity contribution is 9.10. The fourth-order valence-electron chi connectivity index (χ4n) is 1.49. The van der Waals surface area contributed by atoms with Gasteiger partial charge in [0.2, 0.25) is 5.91 Å². The number of rotatable bonds is 5. The fraction of sp³-hybridized carbons (Fsp3) is 0.385. The van der Waals surface area contributed by atoms with Gasteiger partial charge in [0, 0.05) is 30.2 Å². The van der Waals surface area contributed by atoms with Gasteiger partial charge in [-0.3, -0.25) is 4.79 Å². The SMILES string of the molecule is CC(=O)NCCCNC(=O)Nc1ccc(Br)cc1C. The third-order valence-electron chi connectivity index (χ3n) is 2.45. The van der Waals surface area contributed by atoms with Crippen molar-refractivity contribution in [2.75, 3.05) is 18.4 Å². The Morgan fingerprint density at radius 1 is 1.21 bits per heavy atom. The van der Waals surface area contributed by atoms with E-state index >= 15 is 0 Å². The molecule has 5 nitrogen and oxygen atoms in total. The minimum atomic E-state index is -0.242. The Balaban J connectivity index is 2.29. The van der Waals surface area contributed by atoms with Crippen molar-refractivity contribution in [3.8, 4) is 0 Å². The van der Waals surface area contributed by atoms with Gasteiger partial charge in [0.15, 0.2) is 0 Å². The zero-order chi connectivity index (χ0) is 14.3. The van der Waals surface area contributed by atoms with Crippen LogP contribution in [0.4, 0.5) is 10.5 Å². The maximum Gasteiger partial charge on any atom is 0.319 e. The molecule has 0 saturated carbocycles. The number of carbonyl (C=O) groups is 2. The van der Waals surface area contributed by atoms with Crippen molar-refractivity contribution in [2.45, 2.75) is 20.3 Å². The largest absolute Gasteiger partial charge is 0.356 e. The summed E-state index contributed by atoms with van der Waals surface area (Å²) in [5.41, 5.74) is 1.77. The number of urea groups is 1. The number of amides is 3. The van der Waals surface area contributed by atoms with Gasteiger partial charge >= 0.3 is 6.03 Å². The van der Waals surface area contributed by atoms with Crippen molar-refractivity contribution in [1.29, 1.82) is 0 Å². The van der Waals surface area contributed by atoms with Gasteiger partial charge in [-0.2, -0.15) is 0 Å². The second-order valence-electron chi connectivity index (χ2n) is 4.18. The zero-order valence-electron chi connectivity index (χ0n) is 11.0. The monoisotopic (exact) mass is 327 g/mol. The number of benzene rings is 1. The molecule has 0 radical (unpaired) electrons. The predicted octanol–water partition coefficient (Wildman–Crippen LogP) is 2.41. The molecule has 0 bridgehead atoms. The number of aryl methyl sites for hydroxylation is 1. The van der Waals surface area contributed by atoms with Crippen LogP contribution in [0.1, 0.15) is 18.9 Å². The Labute approximate surface area is 121 Å². The van der Waals surface area contributed by atoms with Crippen molar-refractivity contribution < 1.29 is 9.59 Å². The molecular formula is C13H18BrN3O2. The third-order valence-corrected chi connectivity index (χ3v) is 2.94. The minimum Gasteiger partial charge on any atom is -0.356 e. The summed E-state index contributed by atoms with van der Waals surface area (Å²) < 4.78 is 0.978. The first kappa shape index (κ1) is 15.5. The van der Waals surface area contributed by atoms with Gasteiger partial charge in [-0.25, -0.2) is 4.79 Å². The van der Waals surface area contributed by atoms with Crippen molar-refractivity contribution in [1.82, 2.24) is 10.6 Å². The van der Waals surface area contributed by atoms with Crippen LogP contribution in [0.15, 0.2) is 22.7 Å². The number of hydrogen-bond acceptors (Lipinski definition) is 2. The van der Waals surface area contributed by atoms with Gasteiger partial charge in [-0.15, -0.1) is 0 Å². The maximum absolute atomic E-state index is 11.6. The van der Waals surface area contributed by atoms with Crippen molar-refractivity contribution in [3.63, 3.8) is 0 Å². The molecule has 0 saturated heterocycles. The Hall–Kier alpha value is -1.56. The third kappa shape index (κ3) is 6.24. The quantitative estimate of drug-likeness (QED) is 0.727. The molecule has 0 spiro atoms. The molecule has 0 atom stereocenters. The van der Waals surface area contributed by atoms with Crippen LogP contribution in [0, 0.1) is 6.92 Å². The van der Waals surface area contributed by atoms with Crippen LogP contribution in [0.2, 0.25) is 0 Å². The van der Waals surface area contributed by atoms with E-state index in [0.717, 1.165) is 15.7 Å². The van der Waals surface area contributed by atoms with Crippen molar-refractivity contribution in [3.05, 3.63) is 28.2 Å². The molecule has 6 heteroatoms. The lowest BCUT2D eigenvalue weighted by Gasteiger charge is -2.10. The molecule has 0 fully saturated rings. The molecule has 1 rings (SSSR count). The van der Waals surface area contributed by atoms with Gasteiger partial charge in [0.1, 0.15) is 0 Å². The van der Waals surface area contributed by atoms with E-state index in [1.807, 2.05) is 25.1 Å². The van der Waals surface area contributed by atoms with E-state index in [1.54, 1.807) is 0 Å². The molecular weight excluding hydrogens is 310 g/mol. The molecule has 1 aromatic rings. The van der Waals surface area contributed by atoms with Gasteiger partial charge in [-0.1, -0.05) is 15.9 Å². The molecule has 0 aliphatic rings. The van der Waals surface area contributed by atoms with E-state index < -0.39 is 0 Å². The van der Waals surface area contributed by atoms with E-state index in [0.29, 0.717) is 19.5 Å². The number of anilines is 1. The molecule has 104 valence electrons. The summed E-state index contributed by atoms with van der Waals surface area (Å²) in [6.07, 6.45) is 0.701. The molecule has 0 aromatic heterocycles. The topological polar surface area (TPSA) is 70.2 Å². The Bertz CT molecular complexity index is 463. The molecule has 0 aliphatic carbocycles. The number of hydrogen-bond donors (Lipinski definition) is 3. The summed E-state index contributed by atoms with van der Waals surface area (Å²) in [7, 11) is 0. The fourth-order valence-corrected chi connectivity index (χ4v) is 1.96. The lowest BCUT2D eigenvalue weighted by molar-refractivity contribution is -0.118. The van der Waals surface area contributed by atoms with Crippen LogP contribution < -0.4 is 16.0 Å². The summed E-state index contributed by atoms with van der Waals surface area (Å²) in [5, 5.41) is 8.18. The summed E-state index contributed by atoms with van der Waals surface area (Å²) in [5.74, 6) is -0.0602. The molecule has 19 heavy (non-hydrogen) atoms. The molecule has 1 aromatic carbocycles. The minimum absolute atomic E-state index is 0.0602. The second-order valence-corrected chi connectivity index (χ2v) is 5.09. The van der Waals surface area contributed by atoms with Gasteiger partial charge in [0.25, 0.3) is 0 Å². The van der Waals surface area contributed by atoms with E-state index in [9.17, 15) is 9.59 Å². The van der Waals surface area contributed by atoms with Gasteiger partial charge in [-0.05, 0) is 37.1 Å². The van der Waals surface area contributed by atoms with Crippen LogP contribution in [-0.4, -0.2) is 25.0 Å². The normalized spacial score (nSPS) is 9.84. The highest BCUT2D eigenvalue weighted by atomic mass is 79.9. The van der Waals surface area contributed by atoms with Gasteiger partial charge in [0.05, 0.1) is 0 Å². The van der Waals surface area contributed by atoms with Crippen LogP contribution >= 0.6 is 15.9 Å². The first-order valence-electron chi connectivity index (χ1n) is 6.04. The van der Waals surface area contributed by atoms with Crippen molar-refractivity contribution >= 4 is 33.6 Å². The van der Waals surface area contributed by atoms with E-state index in [1.165, 1.54) is 6.92 Å². The highest BCUT2D eigenvalue weighted by Gasteiger charge is 2.03. The summed E-state index contributed by atoms with van der Waals surface area (Å²) in [4.78, 5) is 22.3. The predicted molar refractivity (Wildman–Crippen MR) is 79.2 cm³/mol. The number of nitrogens with one attached hydrogen (secondary N) is 3. The van der Waals surface area contributed by atoms with Crippen LogP contribution in [0.3, 0.4) is 0 Å². The van der Waals surface area contributed by atoms with E-state index in [2.05, 4.69) is 31.9 Å². The Morgan fingerprint density at radius 3 is 2.53 bits per heavy atom. The maximum atomic E-state index is 11.6. The average molecular weight is 328 g/mol. The molecule has 3 amide bonds. The summed E-state index contributed by atoms with van der Waals surface area (Å²) in [6.45, 7) is 4.47. The molecule has 0 aliphatic heterocycles. The van der Waals surface area contributed by atoms with E-state index in [-0.39, 0.29) is 11.9 Å². The Kier molecular flexibility index (Phi) is 6.35. The number of carbonyl (C=O) groups excluding carboxylic acids is 2. The van der Waals surface area contributed by atoms with Crippen LogP contribution in [0.25, 0.3) is 0 Å². The lowest BCUT2D eigenvalue weighted by Crippen LogP contribution is -2.32. The van der Waals surface area contributed by atoms with Crippen LogP contribution in [0.5, 0.6) is 0 Å². The molecule has 3 N–H and O–H groups in total. The zero-order valence-corrected chi connectivity index (χ0v) is 12.6. The van der Waals surface area contributed by atoms with E-state index in [4.69, 9.17) is 0 Å². The first-order valence-corrected chi connectivity index (χ1v) is 6.84. The van der Waals surface area contributed by atoms with Crippen LogP contribution in [-0.2, 0) is 4.79 Å². The smallest absolute Gasteiger partial charge is 0.319 e. The Morgan fingerprint density at radius 2 is 1.89 bits per heavy atom. The highest BCUT2D eigenvalue weighted by Crippen LogP contribution is 2.19. The molecule has 0 heterocycles. The summed E-state index contributed by atoms with van der Waals surface area (Å²) >= 11 is 3.37. The second kappa shape index (κ2) is 7.78. The molecule has 0 unspecified atom stereocenters. The number of halogens is 1. The summed E-state index contributed by atoms with van der Waals surface area (Å²) in [6, 6.07) is 5.41. The van der Waals surface area contributed by atoms with Crippen molar-refractivity contribution in [2.24, 2.45) is 0 Å². The first-order chi connectivity index (χ1) is 8.99. The lowest BCUT2D eigenvalue weighted by atomic mass is 10.2.